The quantitative estimate of drug-likeness (QED) is 0.807. The molecular formula is C14H18N2O. The molecule has 3 heteroatoms. The van der Waals surface area contributed by atoms with Crippen LogP contribution in [-0.2, 0) is 13.2 Å². The molecule has 0 amide bonds. The molecule has 0 bridgehead atoms. The van der Waals surface area contributed by atoms with Gasteiger partial charge in [-0.1, -0.05) is 18.2 Å². The van der Waals surface area contributed by atoms with E-state index in [9.17, 15) is 0 Å². The molecule has 0 saturated carbocycles. The highest BCUT2D eigenvalue weighted by molar-refractivity contribution is 5.29. The molecule has 0 saturated heterocycles. The highest BCUT2D eigenvalue weighted by Crippen LogP contribution is 2.14. The maximum absolute atomic E-state index is 5.69. The van der Waals surface area contributed by atoms with Crippen molar-refractivity contribution < 1.29 is 4.74 Å². The van der Waals surface area contributed by atoms with Crippen LogP contribution in [0.25, 0.3) is 0 Å². The van der Waals surface area contributed by atoms with Gasteiger partial charge in [0.1, 0.15) is 6.61 Å². The second-order valence-corrected chi connectivity index (χ2v) is 4.24. The summed E-state index contributed by atoms with van der Waals surface area (Å²) in [5.74, 6) is 0.824. The van der Waals surface area contributed by atoms with E-state index in [0.29, 0.717) is 6.61 Å². The van der Waals surface area contributed by atoms with Crippen molar-refractivity contribution in [3.8, 4) is 5.75 Å². The summed E-state index contributed by atoms with van der Waals surface area (Å²) in [5, 5.41) is 4.17. The molecule has 0 aliphatic heterocycles. The van der Waals surface area contributed by atoms with E-state index in [1.54, 1.807) is 6.20 Å². The van der Waals surface area contributed by atoms with Crippen LogP contribution in [-0.4, -0.2) is 9.78 Å². The standard InChI is InChI=1S/C14H18N2O/c1-4-16-9-14(8-15-16)17-10-13-6-5-11(2)12(3)7-13/h5-9H,4,10H2,1-3H3. The second-order valence-electron chi connectivity index (χ2n) is 4.24. The van der Waals surface area contributed by atoms with Crippen molar-refractivity contribution >= 4 is 0 Å². The molecule has 0 N–H and O–H groups in total. The summed E-state index contributed by atoms with van der Waals surface area (Å²) in [6, 6.07) is 6.40. The number of nitrogens with zero attached hydrogens (tertiary/aromatic N) is 2. The third-order valence-corrected chi connectivity index (χ3v) is 2.91. The van der Waals surface area contributed by atoms with Gasteiger partial charge < -0.3 is 4.74 Å². The van der Waals surface area contributed by atoms with E-state index in [0.717, 1.165) is 12.3 Å². The molecule has 2 aromatic rings. The average molecular weight is 230 g/mol. The third-order valence-electron chi connectivity index (χ3n) is 2.91. The van der Waals surface area contributed by atoms with E-state index < -0.39 is 0 Å². The first kappa shape index (κ1) is 11.7. The largest absolute Gasteiger partial charge is 0.486 e. The van der Waals surface area contributed by atoms with Crippen LogP contribution in [0.5, 0.6) is 5.75 Å². The van der Waals surface area contributed by atoms with Gasteiger partial charge in [0.15, 0.2) is 5.75 Å². The van der Waals surface area contributed by atoms with Gasteiger partial charge in [-0.05, 0) is 37.5 Å². The van der Waals surface area contributed by atoms with Gasteiger partial charge in [0, 0.05) is 6.54 Å². The van der Waals surface area contributed by atoms with Crippen molar-refractivity contribution in [2.75, 3.05) is 0 Å². The molecule has 1 heterocycles. The molecule has 2 rings (SSSR count). The van der Waals surface area contributed by atoms with Gasteiger partial charge in [-0.3, -0.25) is 4.68 Å². The van der Waals surface area contributed by atoms with E-state index in [4.69, 9.17) is 4.74 Å². The van der Waals surface area contributed by atoms with Crippen molar-refractivity contribution in [2.45, 2.75) is 33.9 Å². The number of hydrogen-bond acceptors (Lipinski definition) is 2. The van der Waals surface area contributed by atoms with E-state index in [-0.39, 0.29) is 0 Å². The summed E-state index contributed by atoms with van der Waals surface area (Å²) < 4.78 is 7.54. The molecular weight excluding hydrogens is 212 g/mol. The summed E-state index contributed by atoms with van der Waals surface area (Å²) >= 11 is 0. The smallest absolute Gasteiger partial charge is 0.157 e. The molecule has 1 aromatic carbocycles. The first-order valence-corrected chi connectivity index (χ1v) is 5.90. The van der Waals surface area contributed by atoms with Crippen LogP contribution in [0.1, 0.15) is 23.6 Å². The minimum Gasteiger partial charge on any atom is -0.486 e. The van der Waals surface area contributed by atoms with Crippen molar-refractivity contribution in [3.63, 3.8) is 0 Å². The lowest BCUT2D eigenvalue weighted by Crippen LogP contribution is -1.96. The topological polar surface area (TPSA) is 27.1 Å². The first-order valence-electron chi connectivity index (χ1n) is 5.90. The van der Waals surface area contributed by atoms with E-state index in [1.165, 1.54) is 16.7 Å². The molecule has 90 valence electrons. The predicted molar refractivity (Wildman–Crippen MR) is 68.1 cm³/mol. The van der Waals surface area contributed by atoms with E-state index in [2.05, 4.69) is 44.1 Å². The van der Waals surface area contributed by atoms with Crippen LogP contribution in [0.15, 0.2) is 30.6 Å². The number of rotatable bonds is 4. The molecule has 17 heavy (non-hydrogen) atoms. The third kappa shape index (κ3) is 2.87. The summed E-state index contributed by atoms with van der Waals surface area (Å²) in [6.45, 7) is 7.75. The van der Waals surface area contributed by atoms with Crippen LogP contribution in [0, 0.1) is 13.8 Å². The van der Waals surface area contributed by atoms with Gasteiger partial charge in [-0.15, -0.1) is 0 Å². The maximum Gasteiger partial charge on any atom is 0.157 e. The Hall–Kier alpha value is -1.77. The molecule has 0 atom stereocenters. The first-order chi connectivity index (χ1) is 8.19. The lowest BCUT2D eigenvalue weighted by molar-refractivity contribution is 0.305. The summed E-state index contributed by atoms with van der Waals surface area (Å²) in [5.41, 5.74) is 3.81. The number of aromatic nitrogens is 2. The molecule has 0 aliphatic carbocycles. The number of ether oxygens (including phenoxy) is 1. The monoisotopic (exact) mass is 230 g/mol. The predicted octanol–water partition coefficient (Wildman–Crippen LogP) is 3.10. The number of aryl methyl sites for hydroxylation is 3. The molecule has 0 unspecified atom stereocenters. The van der Waals surface area contributed by atoms with Gasteiger partial charge in [0.2, 0.25) is 0 Å². The Kier molecular flexibility index (Phi) is 3.47. The Bertz CT molecular complexity index is 503. The zero-order valence-electron chi connectivity index (χ0n) is 10.6. The summed E-state index contributed by atoms with van der Waals surface area (Å²) in [6.07, 6.45) is 3.67. The van der Waals surface area contributed by atoms with Crippen LogP contribution in [0.4, 0.5) is 0 Å². The maximum atomic E-state index is 5.69. The fraction of sp³-hybridized carbons (Fsp3) is 0.357. The molecule has 0 spiro atoms. The Morgan fingerprint density at radius 1 is 1.24 bits per heavy atom. The average Bonchev–Trinajstić information content (AvgIpc) is 2.79. The van der Waals surface area contributed by atoms with Gasteiger partial charge in [-0.25, -0.2) is 0 Å². The minimum absolute atomic E-state index is 0.594. The normalized spacial score (nSPS) is 10.5. The van der Waals surface area contributed by atoms with Crippen LogP contribution in [0.3, 0.4) is 0 Å². The number of benzene rings is 1. The zero-order chi connectivity index (χ0) is 12.3. The van der Waals surface area contributed by atoms with Gasteiger partial charge in [-0.2, -0.15) is 5.10 Å². The fourth-order valence-corrected chi connectivity index (χ4v) is 1.65. The molecule has 3 nitrogen and oxygen atoms in total. The Balaban J connectivity index is 1.99. The Morgan fingerprint density at radius 2 is 2.06 bits per heavy atom. The highest BCUT2D eigenvalue weighted by atomic mass is 16.5. The van der Waals surface area contributed by atoms with Gasteiger partial charge in [0.25, 0.3) is 0 Å². The Labute approximate surface area is 102 Å². The fourth-order valence-electron chi connectivity index (χ4n) is 1.65. The van der Waals surface area contributed by atoms with Crippen LogP contribution >= 0.6 is 0 Å². The molecule has 0 fully saturated rings. The van der Waals surface area contributed by atoms with E-state index in [1.807, 2.05) is 10.9 Å². The highest BCUT2D eigenvalue weighted by Gasteiger charge is 2.00. The molecule has 0 aliphatic rings. The second kappa shape index (κ2) is 5.04. The lowest BCUT2D eigenvalue weighted by atomic mass is 10.1. The van der Waals surface area contributed by atoms with Crippen molar-refractivity contribution in [3.05, 3.63) is 47.3 Å². The lowest BCUT2D eigenvalue weighted by Gasteiger charge is -2.06. The summed E-state index contributed by atoms with van der Waals surface area (Å²) in [7, 11) is 0. The summed E-state index contributed by atoms with van der Waals surface area (Å²) in [4.78, 5) is 0. The van der Waals surface area contributed by atoms with Crippen molar-refractivity contribution in [2.24, 2.45) is 0 Å². The number of hydrogen-bond donors (Lipinski definition) is 0. The molecule has 0 radical (unpaired) electrons. The van der Waals surface area contributed by atoms with Crippen molar-refractivity contribution in [1.29, 1.82) is 0 Å². The Morgan fingerprint density at radius 3 is 2.71 bits per heavy atom. The van der Waals surface area contributed by atoms with Crippen LogP contribution in [0.2, 0.25) is 0 Å². The van der Waals surface area contributed by atoms with Gasteiger partial charge in [0.05, 0.1) is 12.4 Å². The van der Waals surface area contributed by atoms with E-state index >= 15 is 0 Å². The molecule has 1 aromatic heterocycles. The minimum atomic E-state index is 0.594. The zero-order valence-corrected chi connectivity index (χ0v) is 10.6. The van der Waals surface area contributed by atoms with Crippen LogP contribution < -0.4 is 4.74 Å². The van der Waals surface area contributed by atoms with Gasteiger partial charge >= 0.3 is 0 Å². The SMILES string of the molecule is CCn1cc(OCc2ccc(C)c(C)c2)cn1. The van der Waals surface area contributed by atoms with Crippen molar-refractivity contribution in [1.82, 2.24) is 9.78 Å².